The number of hydrogen-bond acceptors (Lipinski definition) is 3. The lowest BCUT2D eigenvalue weighted by molar-refractivity contribution is 0.685. The van der Waals surface area contributed by atoms with Gasteiger partial charge in [-0.25, -0.2) is 4.98 Å². The van der Waals surface area contributed by atoms with Gasteiger partial charge in [0, 0.05) is 49.5 Å². The molecule has 1 heterocycles. The second-order valence-electron chi connectivity index (χ2n) is 5.84. The molecule has 2 N–H and O–H groups in total. The molecule has 8 heteroatoms. The molecular weight excluding hydrogens is 484 g/mol. The van der Waals surface area contributed by atoms with E-state index < -0.39 is 0 Å². The van der Waals surface area contributed by atoms with E-state index in [4.69, 9.17) is 23.2 Å². The molecule has 1 unspecified atom stereocenters. The van der Waals surface area contributed by atoms with Crippen molar-refractivity contribution in [3.8, 4) is 0 Å². The molecule has 1 aromatic carbocycles. The van der Waals surface area contributed by atoms with Crippen molar-refractivity contribution in [2.24, 2.45) is 4.99 Å². The van der Waals surface area contributed by atoms with Gasteiger partial charge in [-0.2, -0.15) is 0 Å². The molecule has 26 heavy (non-hydrogen) atoms. The van der Waals surface area contributed by atoms with Gasteiger partial charge in [0.15, 0.2) is 5.96 Å². The molecular formula is C18H24Cl2IN5. The first-order valence-corrected chi connectivity index (χ1v) is 8.71. The summed E-state index contributed by atoms with van der Waals surface area (Å²) in [7, 11) is 5.69. The lowest BCUT2D eigenvalue weighted by Gasteiger charge is -2.21. The minimum atomic E-state index is -0.0156. The highest BCUT2D eigenvalue weighted by atomic mass is 127. The molecule has 0 radical (unpaired) electrons. The Morgan fingerprint density at radius 3 is 2.62 bits per heavy atom. The molecule has 1 atom stereocenters. The second kappa shape index (κ2) is 10.8. The zero-order chi connectivity index (χ0) is 18.4. The summed E-state index contributed by atoms with van der Waals surface area (Å²) in [4.78, 5) is 10.7. The third kappa shape index (κ3) is 6.17. The smallest absolute Gasteiger partial charge is 0.191 e. The van der Waals surface area contributed by atoms with Crippen LogP contribution in [0.15, 0.2) is 41.5 Å². The number of pyridine rings is 1. The molecule has 0 amide bonds. The largest absolute Gasteiger partial charge is 0.362 e. The average molecular weight is 508 g/mol. The van der Waals surface area contributed by atoms with E-state index in [1.807, 2.05) is 50.2 Å². The van der Waals surface area contributed by atoms with E-state index in [1.165, 1.54) is 0 Å². The van der Waals surface area contributed by atoms with Crippen molar-refractivity contribution in [3.63, 3.8) is 0 Å². The van der Waals surface area contributed by atoms with Gasteiger partial charge in [-0.15, -0.1) is 24.0 Å². The van der Waals surface area contributed by atoms with E-state index in [-0.39, 0.29) is 30.0 Å². The number of hydrogen-bond donors (Lipinski definition) is 2. The Morgan fingerprint density at radius 1 is 1.27 bits per heavy atom. The van der Waals surface area contributed by atoms with E-state index in [0.29, 0.717) is 22.5 Å². The van der Waals surface area contributed by atoms with Crippen LogP contribution in [0.25, 0.3) is 0 Å². The summed E-state index contributed by atoms with van der Waals surface area (Å²) in [5.74, 6) is 1.62. The zero-order valence-electron chi connectivity index (χ0n) is 15.3. The SMILES string of the molecule is CN=C(NCc1cccnc1N(C)C)NC(C)c1ccc(Cl)cc1Cl.I. The van der Waals surface area contributed by atoms with Crippen molar-refractivity contribution in [2.45, 2.75) is 19.5 Å². The lowest BCUT2D eigenvalue weighted by Crippen LogP contribution is -2.38. The summed E-state index contributed by atoms with van der Waals surface area (Å²) in [6.07, 6.45) is 1.79. The van der Waals surface area contributed by atoms with Crippen LogP contribution >= 0.6 is 47.2 Å². The second-order valence-corrected chi connectivity index (χ2v) is 6.68. The van der Waals surface area contributed by atoms with Crippen LogP contribution in [0.3, 0.4) is 0 Å². The van der Waals surface area contributed by atoms with Crippen LogP contribution in [0, 0.1) is 0 Å². The molecule has 0 aliphatic rings. The molecule has 0 aliphatic carbocycles. The van der Waals surface area contributed by atoms with Crippen LogP contribution in [0.2, 0.25) is 10.0 Å². The monoisotopic (exact) mass is 507 g/mol. The number of rotatable bonds is 5. The van der Waals surface area contributed by atoms with Gasteiger partial charge in [-0.1, -0.05) is 35.3 Å². The van der Waals surface area contributed by atoms with Crippen molar-refractivity contribution in [1.29, 1.82) is 0 Å². The maximum Gasteiger partial charge on any atom is 0.191 e. The highest BCUT2D eigenvalue weighted by Crippen LogP contribution is 2.26. The van der Waals surface area contributed by atoms with Gasteiger partial charge in [0.05, 0.1) is 6.04 Å². The Hall–Kier alpha value is -1.25. The predicted molar refractivity (Wildman–Crippen MR) is 122 cm³/mol. The van der Waals surface area contributed by atoms with Gasteiger partial charge < -0.3 is 15.5 Å². The van der Waals surface area contributed by atoms with Gasteiger partial charge in [0.25, 0.3) is 0 Å². The van der Waals surface area contributed by atoms with Crippen LogP contribution in [-0.2, 0) is 6.54 Å². The summed E-state index contributed by atoms with van der Waals surface area (Å²) < 4.78 is 0. The fraction of sp³-hybridized carbons (Fsp3) is 0.333. The number of guanidine groups is 1. The first-order valence-electron chi connectivity index (χ1n) is 7.95. The van der Waals surface area contributed by atoms with Gasteiger partial charge in [-0.3, -0.25) is 4.99 Å². The molecule has 142 valence electrons. The first-order chi connectivity index (χ1) is 11.9. The Bertz CT molecular complexity index is 752. The van der Waals surface area contributed by atoms with Gasteiger partial charge in [-0.05, 0) is 30.7 Å². The van der Waals surface area contributed by atoms with Crippen molar-refractivity contribution < 1.29 is 0 Å². The number of anilines is 1. The maximum absolute atomic E-state index is 6.28. The lowest BCUT2D eigenvalue weighted by atomic mass is 10.1. The predicted octanol–water partition coefficient (Wildman–Crippen LogP) is 4.50. The topological polar surface area (TPSA) is 52.6 Å². The third-order valence-corrected chi connectivity index (χ3v) is 4.31. The highest BCUT2D eigenvalue weighted by molar-refractivity contribution is 14.0. The van der Waals surface area contributed by atoms with Crippen LogP contribution in [-0.4, -0.2) is 32.1 Å². The fourth-order valence-electron chi connectivity index (χ4n) is 2.48. The highest BCUT2D eigenvalue weighted by Gasteiger charge is 2.12. The van der Waals surface area contributed by atoms with E-state index >= 15 is 0 Å². The van der Waals surface area contributed by atoms with E-state index in [0.717, 1.165) is 16.9 Å². The summed E-state index contributed by atoms with van der Waals surface area (Å²) in [5, 5.41) is 7.91. The fourth-order valence-corrected chi connectivity index (χ4v) is 3.05. The summed E-state index contributed by atoms with van der Waals surface area (Å²) >= 11 is 12.2. The van der Waals surface area contributed by atoms with Crippen molar-refractivity contribution >= 4 is 59.0 Å². The van der Waals surface area contributed by atoms with Crippen molar-refractivity contribution in [1.82, 2.24) is 15.6 Å². The van der Waals surface area contributed by atoms with Crippen molar-refractivity contribution in [3.05, 3.63) is 57.7 Å². The minimum Gasteiger partial charge on any atom is -0.362 e. The van der Waals surface area contributed by atoms with Gasteiger partial charge >= 0.3 is 0 Å². The Labute approximate surface area is 182 Å². The van der Waals surface area contributed by atoms with Crippen LogP contribution in [0.5, 0.6) is 0 Å². The zero-order valence-corrected chi connectivity index (χ0v) is 19.1. The summed E-state index contributed by atoms with van der Waals surface area (Å²) in [6, 6.07) is 9.44. The Morgan fingerprint density at radius 2 is 2.00 bits per heavy atom. The van der Waals surface area contributed by atoms with Crippen LogP contribution < -0.4 is 15.5 Å². The maximum atomic E-state index is 6.28. The van der Waals surface area contributed by atoms with Crippen LogP contribution in [0.4, 0.5) is 5.82 Å². The molecule has 0 saturated carbocycles. The minimum absolute atomic E-state index is 0. The van der Waals surface area contributed by atoms with Crippen LogP contribution in [0.1, 0.15) is 24.1 Å². The Balaban J connectivity index is 0.00000338. The molecule has 1 aromatic heterocycles. The molecule has 0 saturated heterocycles. The molecule has 0 bridgehead atoms. The number of aromatic nitrogens is 1. The Kier molecular flexibility index (Phi) is 9.46. The molecule has 5 nitrogen and oxygen atoms in total. The summed E-state index contributed by atoms with van der Waals surface area (Å²) in [6.45, 7) is 2.64. The first kappa shape index (κ1) is 22.8. The number of halogens is 3. The number of aliphatic imine (C=N–C) groups is 1. The number of nitrogens with one attached hydrogen (secondary N) is 2. The molecule has 2 rings (SSSR count). The molecule has 0 spiro atoms. The third-order valence-electron chi connectivity index (χ3n) is 3.74. The summed E-state index contributed by atoms with van der Waals surface area (Å²) in [5.41, 5.74) is 2.05. The van der Waals surface area contributed by atoms with E-state index in [1.54, 1.807) is 19.3 Å². The van der Waals surface area contributed by atoms with E-state index in [9.17, 15) is 0 Å². The number of benzene rings is 1. The molecule has 2 aromatic rings. The average Bonchev–Trinajstić information content (AvgIpc) is 2.58. The van der Waals surface area contributed by atoms with Gasteiger partial charge in [0.2, 0.25) is 0 Å². The van der Waals surface area contributed by atoms with E-state index in [2.05, 4.69) is 20.6 Å². The van der Waals surface area contributed by atoms with Crippen molar-refractivity contribution in [2.75, 3.05) is 26.0 Å². The normalized spacial score (nSPS) is 12.2. The standard InChI is InChI=1S/C18H23Cl2N5.HI/c1-12(15-8-7-14(19)10-16(15)20)24-18(21-2)23-11-13-6-5-9-22-17(13)25(3)4;/h5-10,12H,11H2,1-4H3,(H2,21,23,24);1H. The van der Waals surface area contributed by atoms with Gasteiger partial charge in [0.1, 0.15) is 5.82 Å². The number of nitrogens with zero attached hydrogens (tertiary/aromatic N) is 3. The molecule has 0 aliphatic heterocycles. The molecule has 0 fully saturated rings. The quantitative estimate of drug-likeness (QED) is 0.355.